The summed E-state index contributed by atoms with van der Waals surface area (Å²) in [7, 11) is 0. The van der Waals surface area contributed by atoms with Crippen LogP contribution >= 0.6 is 0 Å². The number of halogens is 1. The highest BCUT2D eigenvalue weighted by molar-refractivity contribution is 5.34. The van der Waals surface area contributed by atoms with Crippen molar-refractivity contribution in [3.05, 3.63) is 65.2 Å². The number of nitrogens with two attached hydrogens (primary N) is 1. The lowest BCUT2D eigenvalue weighted by Crippen LogP contribution is -2.30. The molecule has 0 spiro atoms. The van der Waals surface area contributed by atoms with Gasteiger partial charge in [0, 0.05) is 6.20 Å². The van der Waals surface area contributed by atoms with Gasteiger partial charge in [-0.1, -0.05) is 24.3 Å². The van der Waals surface area contributed by atoms with Gasteiger partial charge in [0.2, 0.25) is 0 Å². The maximum absolute atomic E-state index is 13.7. The van der Waals surface area contributed by atoms with Crippen molar-refractivity contribution in [3.8, 4) is 0 Å². The number of benzene rings is 1. The molecule has 3 nitrogen and oxygen atoms in total. The lowest BCUT2D eigenvalue weighted by Gasteiger charge is -2.18. The first kappa shape index (κ1) is 11.7. The Bertz CT molecular complexity index is 468. The Hall–Kier alpha value is -1.78. The van der Waals surface area contributed by atoms with Crippen LogP contribution < -0.4 is 11.3 Å². The molecule has 1 unspecified atom stereocenters. The third-order valence-electron chi connectivity index (χ3n) is 2.73. The first-order valence-corrected chi connectivity index (χ1v) is 5.36. The second-order valence-corrected chi connectivity index (χ2v) is 3.83. The summed E-state index contributed by atoms with van der Waals surface area (Å²) in [4.78, 5) is 4.05. The van der Waals surface area contributed by atoms with Crippen molar-refractivity contribution in [2.75, 3.05) is 0 Å². The Morgan fingerprint density at radius 3 is 2.65 bits per heavy atom. The molecule has 2 rings (SSSR count). The van der Waals surface area contributed by atoms with E-state index in [0.29, 0.717) is 5.69 Å². The predicted molar refractivity (Wildman–Crippen MR) is 64.5 cm³/mol. The van der Waals surface area contributed by atoms with Crippen molar-refractivity contribution in [2.24, 2.45) is 5.84 Å². The molecule has 0 aliphatic rings. The van der Waals surface area contributed by atoms with Gasteiger partial charge in [0.1, 0.15) is 5.82 Å². The number of rotatable bonds is 3. The van der Waals surface area contributed by atoms with Crippen molar-refractivity contribution in [1.29, 1.82) is 0 Å². The van der Waals surface area contributed by atoms with E-state index in [2.05, 4.69) is 10.4 Å². The topological polar surface area (TPSA) is 50.9 Å². The third kappa shape index (κ3) is 2.33. The maximum atomic E-state index is 13.7. The van der Waals surface area contributed by atoms with E-state index in [-0.39, 0.29) is 5.82 Å². The summed E-state index contributed by atoms with van der Waals surface area (Å²) in [5, 5.41) is 0. The lowest BCUT2D eigenvalue weighted by molar-refractivity contribution is 0.542. The molecule has 3 N–H and O–H groups in total. The summed E-state index contributed by atoms with van der Waals surface area (Å²) < 4.78 is 13.7. The fourth-order valence-corrected chi connectivity index (χ4v) is 1.84. The van der Waals surface area contributed by atoms with Gasteiger partial charge in [0.05, 0.1) is 11.7 Å². The van der Waals surface area contributed by atoms with Crippen molar-refractivity contribution >= 4 is 0 Å². The zero-order valence-corrected chi connectivity index (χ0v) is 9.52. The minimum atomic E-state index is -0.433. The molecular formula is C13H14FN3. The normalized spacial score (nSPS) is 12.4. The minimum Gasteiger partial charge on any atom is -0.271 e. The highest BCUT2D eigenvalue weighted by Crippen LogP contribution is 2.24. The molecule has 1 heterocycles. The van der Waals surface area contributed by atoms with Crippen LogP contribution in [0.4, 0.5) is 4.39 Å². The van der Waals surface area contributed by atoms with E-state index < -0.39 is 6.04 Å². The summed E-state index contributed by atoms with van der Waals surface area (Å²) in [5.74, 6) is 5.16. The molecular weight excluding hydrogens is 217 g/mol. The Labute approximate surface area is 99.5 Å². The first-order chi connectivity index (χ1) is 8.24. The summed E-state index contributed by atoms with van der Waals surface area (Å²) in [5.41, 5.74) is 4.89. The van der Waals surface area contributed by atoms with Gasteiger partial charge in [-0.25, -0.2) is 9.82 Å². The fourth-order valence-electron chi connectivity index (χ4n) is 1.84. The Morgan fingerprint density at radius 1 is 1.24 bits per heavy atom. The summed E-state index contributed by atoms with van der Waals surface area (Å²) in [6, 6.07) is 10.2. The van der Waals surface area contributed by atoms with Gasteiger partial charge < -0.3 is 0 Å². The number of hydrogen-bond donors (Lipinski definition) is 2. The van der Waals surface area contributed by atoms with E-state index in [4.69, 9.17) is 5.84 Å². The predicted octanol–water partition coefficient (Wildman–Crippen LogP) is 2.08. The molecule has 4 heteroatoms. The number of hydrogen-bond acceptors (Lipinski definition) is 3. The van der Waals surface area contributed by atoms with Crippen LogP contribution in [0, 0.1) is 12.7 Å². The fraction of sp³-hybridized carbons (Fsp3) is 0.154. The van der Waals surface area contributed by atoms with E-state index >= 15 is 0 Å². The molecule has 0 fully saturated rings. The summed E-state index contributed by atoms with van der Waals surface area (Å²) in [6.07, 6.45) is 1.56. The van der Waals surface area contributed by atoms with Crippen molar-refractivity contribution < 1.29 is 4.39 Å². The second kappa shape index (κ2) is 5.03. The van der Waals surface area contributed by atoms with Gasteiger partial charge in [-0.2, -0.15) is 0 Å². The van der Waals surface area contributed by atoms with Crippen LogP contribution in [-0.4, -0.2) is 4.98 Å². The van der Waals surface area contributed by atoms with Crippen molar-refractivity contribution in [3.63, 3.8) is 0 Å². The zero-order chi connectivity index (χ0) is 12.3. The SMILES string of the molecule is Cc1ccccc1C(NN)c1ncccc1F. The Kier molecular flexibility index (Phi) is 3.46. The van der Waals surface area contributed by atoms with Crippen LogP contribution in [0.5, 0.6) is 0 Å². The highest BCUT2D eigenvalue weighted by Gasteiger charge is 2.18. The molecule has 88 valence electrons. The molecule has 0 bridgehead atoms. The van der Waals surface area contributed by atoms with Crippen LogP contribution in [0.3, 0.4) is 0 Å². The van der Waals surface area contributed by atoms with E-state index in [0.717, 1.165) is 11.1 Å². The molecule has 0 aliphatic carbocycles. The van der Waals surface area contributed by atoms with Crippen LogP contribution in [0.1, 0.15) is 22.9 Å². The molecule has 1 aromatic heterocycles. The molecule has 1 atom stereocenters. The maximum Gasteiger partial charge on any atom is 0.146 e. The monoisotopic (exact) mass is 231 g/mol. The third-order valence-corrected chi connectivity index (χ3v) is 2.73. The zero-order valence-electron chi connectivity index (χ0n) is 9.52. The van der Waals surface area contributed by atoms with E-state index in [1.807, 2.05) is 31.2 Å². The number of nitrogens with zero attached hydrogens (tertiary/aromatic N) is 1. The molecule has 0 radical (unpaired) electrons. The number of nitrogens with one attached hydrogen (secondary N) is 1. The summed E-state index contributed by atoms with van der Waals surface area (Å²) >= 11 is 0. The molecule has 0 saturated carbocycles. The van der Waals surface area contributed by atoms with Gasteiger partial charge in [-0.05, 0) is 30.2 Å². The number of aromatic nitrogens is 1. The van der Waals surface area contributed by atoms with E-state index in [1.54, 1.807) is 12.3 Å². The first-order valence-electron chi connectivity index (χ1n) is 5.36. The lowest BCUT2D eigenvalue weighted by atomic mass is 9.98. The molecule has 0 saturated heterocycles. The smallest absolute Gasteiger partial charge is 0.146 e. The Morgan fingerprint density at radius 2 is 2.00 bits per heavy atom. The molecule has 1 aromatic carbocycles. The molecule has 0 amide bonds. The number of hydrazine groups is 1. The number of pyridine rings is 1. The van der Waals surface area contributed by atoms with Gasteiger partial charge >= 0.3 is 0 Å². The van der Waals surface area contributed by atoms with E-state index in [9.17, 15) is 4.39 Å². The van der Waals surface area contributed by atoms with Gasteiger partial charge in [0.15, 0.2) is 0 Å². The quantitative estimate of drug-likeness (QED) is 0.628. The minimum absolute atomic E-state index is 0.310. The van der Waals surface area contributed by atoms with Crippen LogP contribution in [0.2, 0.25) is 0 Å². The largest absolute Gasteiger partial charge is 0.271 e. The Balaban J connectivity index is 2.48. The average Bonchev–Trinajstić information content (AvgIpc) is 2.34. The second-order valence-electron chi connectivity index (χ2n) is 3.83. The van der Waals surface area contributed by atoms with Crippen LogP contribution in [0.25, 0.3) is 0 Å². The van der Waals surface area contributed by atoms with E-state index in [1.165, 1.54) is 6.07 Å². The van der Waals surface area contributed by atoms with Gasteiger partial charge in [-0.3, -0.25) is 10.8 Å². The molecule has 0 aliphatic heterocycles. The van der Waals surface area contributed by atoms with Gasteiger partial charge in [-0.15, -0.1) is 0 Å². The highest BCUT2D eigenvalue weighted by atomic mass is 19.1. The van der Waals surface area contributed by atoms with Gasteiger partial charge in [0.25, 0.3) is 0 Å². The van der Waals surface area contributed by atoms with Crippen molar-refractivity contribution in [1.82, 2.24) is 10.4 Å². The standard InChI is InChI=1S/C13H14FN3/c1-9-5-2-3-6-10(9)12(17-15)13-11(14)7-4-8-16-13/h2-8,12,17H,15H2,1H3. The van der Waals surface area contributed by atoms with Crippen LogP contribution in [0.15, 0.2) is 42.6 Å². The molecule has 2 aromatic rings. The average molecular weight is 231 g/mol. The van der Waals surface area contributed by atoms with Crippen LogP contribution in [-0.2, 0) is 0 Å². The number of aryl methyl sites for hydroxylation is 1. The summed E-state index contributed by atoms with van der Waals surface area (Å²) in [6.45, 7) is 1.96. The molecule has 17 heavy (non-hydrogen) atoms. The van der Waals surface area contributed by atoms with Crippen molar-refractivity contribution in [2.45, 2.75) is 13.0 Å².